The zero-order valence-corrected chi connectivity index (χ0v) is 6.59. The summed E-state index contributed by atoms with van der Waals surface area (Å²) in [7, 11) is 0. The predicted octanol–water partition coefficient (Wildman–Crippen LogP) is 2.72. The van der Waals surface area contributed by atoms with E-state index in [1.54, 1.807) is 12.3 Å². The van der Waals surface area contributed by atoms with Gasteiger partial charge in [0.1, 0.15) is 0 Å². The topological polar surface area (TPSA) is 12.4 Å². The van der Waals surface area contributed by atoms with Crippen LogP contribution in [0.5, 0.6) is 0 Å². The lowest BCUT2D eigenvalue weighted by molar-refractivity contribution is 1.34. The molecule has 0 atom stereocenters. The molecule has 10 heavy (non-hydrogen) atoms. The molecule has 0 aliphatic carbocycles. The fraction of sp³-hybridized carbons (Fsp3) is 0.222. The third kappa shape index (κ3) is 2.44. The minimum Gasteiger partial charge on any atom is -0.261 e. The molecule has 0 unspecified atom stereocenters. The van der Waals surface area contributed by atoms with Crippen molar-refractivity contribution >= 4 is 6.21 Å². The standard InChI is InChI=1S/C9H13N/c1-5-8(4)9(6-2)10-7-3/h5-7H,1,4H2,2-3H3/b9-6+,10-7?. The van der Waals surface area contributed by atoms with Crippen molar-refractivity contribution in [2.45, 2.75) is 13.8 Å². The molecule has 0 aliphatic heterocycles. The van der Waals surface area contributed by atoms with Crippen molar-refractivity contribution in [1.82, 2.24) is 0 Å². The SMILES string of the molecule is C=CC(=C)/C(=C\C)N=CC. The molecule has 0 aromatic heterocycles. The monoisotopic (exact) mass is 135 g/mol. The van der Waals surface area contributed by atoms with Crippen LogP contribution in [-0.2, 0) is 0 Å². The Bertz CT molecular complexity index is 185. The molecular formula is C9H13N. The lowest BCUT2D eigenvalue weighted by atomic mass is 10.2. The van der Waals surface area contributed by atoms with Crippen LogP contribution in [0, 0.1) is 0 Å². The number of aliphatic imine (C=N–C) groups is 1. The Balaban J connectivity index is 4.37. The molecule has 1 heteroatoms. The molecule has 0 rings (SSSR count). The van der Waals surface area contributed by atoms with Gasteiger partial charge in [-0.15, -0.1) is 0 Å². The van der Waals surface area contributed by atoms with Crippen LogP contribution in [0.25, 0.3) is 0 Å². The van der Waals surface area contributed by atoms with E-state index in [0.717, 1.165) is 11.3 Å². The van der Waals surface area contributed by atoms with Gasteiger partial charge in [-0.05, 0) is 19.4 Å². The van der Waals surface area contributed by atoms with Gasteiger partial charge in [0, 0.05) is 6.21 Å². The highest BCUT2D eigenvalue weighted by Gasteiger charge is 1.90. The second kappa shape index (κ2) is 4.74. The van der Waals surface area contributed by atoms with Crippen molar-refractivity contribution in [3.05, 3.63) is 36.6 Å². The molecule has 54 valence electrons. The van der Waals surface area contributed by atoms with Crippen LogP contribution in [-0.4, -0.2) is 6.21 Å². The van der Waals surface area contributed by atoms with E-state index in [9.17, 15) is 0 Å². The highest BCUT2D eigenvalue weighted by Crippen LogP contribution is 2.08. The highest BCUT2D eigenvalue weighted by molar-refractivity contribution is 5.57. The van der Waals surface area contributed by atoms with Gasteiger partial charge >= 0.3 is 0 Å². The van der Waals surface area contributed by atoms with Crippen LogP contribution in [0.1, 0.15) is 13.8 Å². The number of nitrogens with zero attached hydrogens (tertiary/aromatic N) is 1. The lowest BCUT2D eigenvalue weighted by Crippen LogP contribution is -1.79. The molecule has 0 radical (unpaired) electrons. The minimum atomic E-state index is 0.862. The van der Waals surface area contributed by atoms with Crippen molar-refractivity contribution in [2.24, 2.45) is 4.99 Å². The summed E-state index contributed by atoms with van der Waals surface area (Å²) in [5, 5.41) is 0. The Labute approximate surface area is 62.5 Å². The average molecular weight is 135 g/mol. The van der Waals surface area contributed by atoms with E-state index >= 15 is 0 Å². The summed E-state index contributed by atoms with van der Waals surface area (Å²) in [6, 6.07) is 0. The third-order valence-electron chi connectivity index (χ3n) is 1.12. The molecule has 0 amide bonds. The first-order valence-electron chi connectivity index (χ1n) is 3.23. The molecule has 0 spiro atoms. The van der Waals surface area contributed by atoms with Crippen molar-refractivity contribution in [2.75, 3.05) is 0 Å². The number of rotatable bonds is 3. The highest BCUT2D eigenvalue weighted by atomic mass is 14.7. The van der Waals surface area contributed by atoms with Crippen LogP contribution < -0.4 is 0 Å². The average Bonchev–Trinajstić information content (AvgIpc) is 1.99. The van der Waals surface area contributed by atoms with Crippen molar-refractivity contribution in [3.8, 4) is 0 Å². The Morgan fingerprint density at radius 1 is 1.40 bits per heavy atom. The Hall–Kier alpha value is -1.11. The van der Waals surface area contributed by atoms with Gasteiger partial charge in [0.2, 0.25) is 0 Å². The second-order valence-corrected chi connectivity index (χ2v) is 1.79. The van der Waals surface area contributed by atoms with Gasteiger partial charge in [0.15, 0.2) is 0 Å². The zero-order valence-electron chi connectivity index (χ0n) is 6.59. The van der Waals surface area contributed by atoms with Crippen LogP contribution in [0.15, 0.2) is 41.6 Å². The summed E-state index contributed by atoms with van der Waals surface area (Å²) in [6.45, 7) is 11.2. The van der Waals surface area contributed by atoms with Crippen molar-refractivity contribution in [1.29, 1.82) is 0 Å². The minimum absolute atomic E-state index is 0.862. The molecule has 0 bridgehead atoms. The molecule has 0 aromatic carbocycles. The molecule has 0 fully saturated rings. The molecular weight excluding hydrogens is 122 g/mol. The summed E-state index contributed by atoms with van der Waals surface area (Å²) >= 11 is 0. The normalized spacial score (nSPS) is 12.0. The number of hydrogen-bond acceptors (Lipinski definition) is 1. The van der Waals surface area contributed by atoms with Gasteiger partial charge in [-0.3, -0.25) is 4.99 Å². The van der Waals surface area contributed by atoms with Gasteiger partial charge in [-0.2, -0.15) is 0 Å². The Kier molecular flexibility index (Phi) is 4.21. The predicted molar refractivity (Wildman–Crippen MR) is 47.3 cm³/mol. The Morgan fingerprint density at radius 2 is 2.00 bits per heavy atom. The van der Waals surface area contributed by atoms with Gasteiger partial charge in [0.25, 0.3) is 0 Å². The summed E-state index contributed by atoms with van der Waals surface area (Å²) in [5.41, 5.74) is 1.75. The molecule has 0 heterocycles. The van der Waals surface area contributed by atoms with Crippen LogP contribution >= 0.6 is 0 Å². The molecule has 0 N–H and O–H groups in total. The second-order valence-electron chi connectivity index (χ2n) is 1.79. The summed E-state index contributed by atoms with van der Waals surface area (Å²) < 4.78 is 0. The quantitative estimate of drug-likeness (QED) is 0.417. The lowest BCUT2D eigenvalue weighted by Gasteiger charge is -1.96. The summed E-state index contributed by atoms with van der Waals surface area (Å²) in [6.07, 6.45) is 5.34. The van der Waals surface area contributed by atoms with Gasteiger partial charge in [-0.1, -0.05) is 25.3 Å². The largest absolute Gasteiger partial charge is 0.261 e. The molecule has 0 aliphatic rings. The third-order valence-corrected chi connectivity index (χ3v) is 1.12. The molecule has 0 saturated carbocycles. The Morgan fingerprint density at radius 3 is 2.30 bits per heavy atom. The van der Waals surface area contributed by atoms with E-state index in [1.807, 2.05) is 19.9 Å². The maximum Gasteiger partial charge on any atom is 0.0649 e. The van der Waals surface area contributed by atoms with Crippen molar-refractivity contribution < 1.29 is 0 Å². The fourth-order valence-corrected chi connectivity index (χ4v) is 0.586. The fourth-order valence-electron chi connectivity index (χ4n) is 0.586. The maximum absolute atomic E-state index is 4.08. The van der Waals surface area contributed by atoms with Gasteiger partial charge in [-0.25, -0.2) is 0 Å². The molecule has 0 saturated heterocycles. The van der Waals surface area contributed by atoms with E-state index in [2.05, 4.69) is 18.2 Å². The van der Waals surface area contributed by atoms with Gasteiger partial charge < -0.3 is 0 Å². The first kappa shape index (κ1) is 8.89. The van der Waals surface area contributed by atoms with Crippen LogP contribution in [0.2, 0.25) is 0 Å². The van der Waals surface area contributed by atoms with Crippen LogP contribution in [0.4, 0.5) is 0 Å². The van der Waals surface area contributed by atoms with E-state index < -0.39 is 0 Å². The maximum atomic E-state index is 4.08. The first-order valence-corrected chi connectivity index (χ1v) is 3.23. The smallest absolute Gasteiger partial charge is 0.0649 e. The van der Waals surface area contributed by atoms with Crippen LogP contribution in [0.3, 0.4) is 0 Å². The van der Waals surface area contributed by atoms with E-state index in [0.29, 0.717) is 0 Å². The summed E-state index contributed by atoms with van der Waals surface area (Å²) in [4.78, 5) is 4.08. The number of allylic oxidation sites excluding steroid dienone is 2. The number of hydrogen-bond donors (Lipinski definition) is 0. The van der Waals surface area contributed by atoms with E-state index in [4.69, 9.17) is 0 Å². The van der Waals surface area contributed by atoms with E-state index in [1.165, 1.54) is 0 Å². The zero-order chi connectivity index (χ0) is 7.98. The first-order chi connectivity index (χ1) is 4.76. The van der Waals surface area contributed by atoms with Crippen molar-refractivity contribution in [3.63, 3.8) is 0 Å². The molecule has 1 nitrogen and oxygen atoms in total. The van der Waals surface area contributed by atoms with Gasteiger partial charge in [0.05, 0.1) is 5.70 Å². The van der Waals surface area contributed by atoms with E-state index in [-0.39, 0.29) is 0 Å². The summed E-state index contributed by atoms with van der Waals surface area (Å²) in [5.74, 6) is 0. The molecule has 0 aromatic rings.